The van der Waals surface area contributed by atoms with Crippen LogP contribution in [-0.4, -0.2) is 45.6 Å². The number of anilines is 1. The van der Waals surface area contributed by atoms with Crippen LogP contribution in [0.5, 0.6) is 0 Å². The summed E-state index contributed by atoms with van der Waals surface area (Å²) in [5.74, 6) is -0.529. The Balaban J connectivity index is 2.77. The summed E-state index contributed by atoms with van der Waals surface area (Å²) >= 11 is 0. The van der Waals surface area contributed by atoms with Gasteiger partial charge < -0.3 is 16.0 Å². The summed E-state index contributed by atoms with van der Waals surface area (Å²) < 4.78 is 1.48. The average molecular weight is 267 g/mol. The van der Waals surface area contributed by atoms with Gasteiger partial charge in [-0.25, -0.2) is 0 Å². The van der Waals surface area contributed by atoms with Gasteiger partial charge in [0.2, 0.25) is 5.91 Å². The third-order valence-electron chi connectivity index (χ3n) is 2.51. The fourth-order valence-electron chi connectivity index (χ4n) is 1.69. The zero-order valence-electron chi connectivity index (χ0n) is 11.8. The minimum atomic E-state index is -0.334. The Morgan fingerprint density at radius 1 is 1.53 bits per heavy atom. The quantitative estimate of drug-likeness (QED) is 0.784. The number of likely N-dealkylation sites (N-methyl/N-ethyl adjacent to an activating group) is 1. The molecule has 3 N–H and O–H groups in total. The van der Waals surface area contributed by atoms with Crippen LogP contribution in [0.15, 0.2) is 6.20 Å². The lowest BCUT2D eigenvalue weighted by molar-refractivity contribution is -0.122. The van der Waals surface area contributed by atoms with Crippen LogP contribution in [0.1, 0.15) is 31.3 Å². The molecule has 0 aliphatic rings. The molecule has 1 rings (SSSR count). The van der Waals surface area contributed by atoms with Crippen LogP contribution in [0.25, 0.3) is 0 Å². The Kier molecular flexibility index (Phi) is 4.91. The van der Waals surface area contributed by atoms with Gasteiger partial charge >= 0.3 is 0 Å². The second kappa shape index (κ2) is 6.21. The summed E-state index contributed by atoms with van der Waals surface area (Å²) in [7, 11) is 1.69. The highest BCUT2D eigenvalue weighted by molar-refractivity contribution is 5.98. The lowest BCUT2D eigenvalue weighted by Gasteiger charge is -2.20. The number of carbonyl (C=O) groups excluding carboxylic acids is 2. The highest BCUT2D eigenvalue weighted by Gasteiger charge is 2.22. The molecule has 0 spiro atoms. The lowest BCUT2D eigenvalue weighted by Crippen LogP contribution is -2.42. The minimum Gasteiger partial charge on any atom is -0.396 e. The van der Waals surface area contributed by atoms with E-state index in [1.807, 2.05) is 13.8 Å². The van der Waals surface area contributed by atoms with Gasteiger partial charge in [-0.15, -0.1) is 0 Å². The predicted octanol–water partition coefficient (Wildman–Crippen LogP) is -0.0110. The normalized spacial score (nSPS) is 10.6. The van der Waals surface area contributed by atoms with E-state index in [1.165, 1.54) is 9.58 Å². The highest BCUT2D eigenvalue weighted by Crippen LogP contribution is 2.11. The fourth-order valence-corrected chi connectivity index (χ4v) is 1.69. The number of rotatable bonds is 5. The minimum absolute atomic E-state index is 0.00350. The molecule has 0 aromatic carbocycles. The highest BCUT2D eigenvalue weighted by atomic mass is 16.2. The lowest BCUT2D eigenvalue weighted by atomic mass is 10.3. The molecule has 7 nitrogen and oxygen atoms in total. The van der Waals surface area contributed by atoms with Crippen LogP contribution in [0.4, 0.5) is 5.69 Å². The Hall–Kier alpha value is -2.05. The molecule has 2 amide bonds. The van der Waals surface area contributed by atoms with Crippen LogP contribution in [-0.2, 0) is 11.8 Å². The number of nitrogens with one attached hydrogen (secondary N) is 1. The first kappa shape index (κ1) is 15.0. The van der Waals surface area contributed by atoms with Gasteiger partial charge in [0, 0.05) is 25.8 Å². The summed E-state index contributed by atoms with van der Waals surface area (Å²) in [5.41, 5.74) is 6.21. The van der Waals surface area contributed by atoms with E-state index in [2.05, 4.69) is 10.4 Å². The molecule has 0 saturated carbocycles. The molecule has 7 heteroatoms. The van der Waals surface area contributed by atoms with Crippen molar-refractivity contribution in [1.29, 1.82) is 0 Å². The zero-order chi connectivity index (χ0) is 14.6. The Morgan fingerprint density at radius 3 is 2.58 bits per heavy atom. The first-order chi connectivity index (χ1) is 8.85. The molecular weight excluding hydrogens is 246 g/mol. The third kappa shape index (κ3) is 3.97. The molecule has 19 heavy (non-hydrogen) atoms. The van der Waals surface area contributed by atoms with Gasteiger partial charge in [0.15, 0.2) is 5.69 Å². The summed E-state index contributed by atoms with van der Waals surface area (Å²) in [5, 5.41) is 6.76. The zero-order valence-corrected chi connectivity index (χ0v) is 11.8. The number of nitrogens with zero attached hydrogens (tertiary/aromatic N) is 3. The molecule has 0 aliphatic heterocycles. The molecule has 106 valence electrons. The molecule has 0 atom stereocenters. The Morgan fingerprint density at radius 2 is 2.16 bits per heavy atom. The van der Waals surface area contributed by atoms with Crippen LogP contribution in [0.3, 0.4) is 0 Å². The largest absolute Gasteiger partial charge is 0.396 e. The van der Waals surface area contributed by atoms with E-state index in [9.17, 15) is 9.59 Å². The van der Waals surface area contributed by atoms with Crippen molar-refractivity contribution in [2.24, 2.45) is 7.05 Å². The third-order valence-corrected chi connectivity index (χ3v) is 2.51. The molecule has 0 bridgehead atoms. The second-order valence-electron chi connectivity index (χ2n) is 4.65. The molecule has 1 aromatic rings. The Labute approximate surface area is 112 Å². The first-order valence-electron chi connectivity index (χ1n) is 6.22. The van der Waals surface area contributed by atoms with Gasteiger partial charge in [0.25, 0.3) is 5.91 Å². The molecule has 1 aromatic heterocycles. The second-order valence-corrected chi connectivity index (χ2v) is 4.65. The summed E-state index contributed by atoms with van der Waals surface area (Å²) in [4.78, 5) is 25.3. The smallest absolute Gasteiger partial charge is 0.276 e. The number of hydrogen-bond donors (Lipinski definition) is 2. The SMILES string of the molecule is CCN(CC(=O)NC(C)C)C(=O)c1nn(C)cc1N. The number of carbonyl (C=O) groups is 2. The van der Waals surface area contributed by atoms with E-state index >= 15 is 0 Å². The van der Waals surface area contributed by atoms with Gasteiger partial charge in [-0.05, 0) is 20.8 Å². The van der Waals surface area contributed by atoms with Gasteiger partial charge in [-0.3, -0.25) is 14.3 Å². The standard InChI is InChI=1S/C12H21N5O2/c1-5-17(7-10(18)14-8(2)3)12(19)11-9(13)6-16(4)15-11/h6,8H,5,7,13H2,1-4H3,(H,14,18). The number of aromatic nitrogens is 2. The Bertz CT molecular complexity index is 467. The van der Waals surface area contributed by atoms with Crippen LogP contribution < -0.4 is 11.1 Å². The van der Waals surface area contributed by atoms with Gasteiger partial charge in [0.05, 0.1) is 12.2 Å². The number of nitrogens with two attached hydrogens (primary N) is 1. The number of nitrogen functional groups attached to an aromatic ring is 1. The van der Waals surface area contributed by atoms with E-state index in [0.717, 1.165) is 0 Å². The van der Waals surface area contributed by atoms with Crippen molar-refractivity contribution in [3.8, 4) is 0 Å². The van der Waals surface area contributed by atoms with Gasteiger partial charge in [0.1, 0.15) is 0 Å². The number of hydrogen-bond acceptors (Lipinski definition) is 4. The first-order valence-corrected chi connectivity index (χ1v) is 6.22. The van der Waals surface area contributed by atoms with Crippen LogP contribution in [0.2, 0.25) is 0 Å². The molecule has 0 unspecified atom stereocenters. The maximum atomic E-state index is 12.2. The van der Waals surface area contributed by atoms with Crippen LogP contribution in [0, 0.1) is 0 Å². The van der Waals surface area contributed by atoms with Gasteiger partial charge in [-0.1, -0.05) is 0 Å². The number of aryl methyl sites for hydroxylation is 1. The van der Waals surface area contributed by atoms with E-state index in [1.54, 1.807) is 20.2 Å². The van der Waals surface area contributed by atoms with Crippen LogP contribution >= 0.6 is 0 Å². The van der Waals surface area contributed by atoms with Crippen molar-refractivity contribution in [3.05, 3.63) is 11.9 Å². The van der Waals surface area contributed by atoms with E-state index in [-0.39, 0.29) is 30.1 Å². The van der Waals surface area contributed by atoms with Crippen molar-refractivity contribution >= 4 is 17.5 Å². The van der Waals surface area contributed by atoms with E-state index < -0.39 is 0 Å². The molecular formula is C12H21N5O2. The average Bonchev–Trinajstić information content (AvgIpc) is 2.63. The monoisotopic (exact) mass is 267 g/mol. The molecule has 0 aliphatic carbocycles. The van der Waals surface area contributed by atoms with Crippen molar-refractivity contribution in [3.63, 3.8) is 0 Å². The van der Waals surface area contributed by atoms with E-state index in [4.69, 9.17) is 5.73 Å². The molecule has 1 heterocycles. The van der Waals surface area contributed by atoms with Crippen molar-refractivity contribution in [2.75, 3.05) is 18.8 Å². The summed E-state index contributed by atoms with van der Waals surface area (Å²) in [6, 6.07) is 0.0428. The fraction of sp³-hybridized carbons (Fsp3) is 0.583. The molecule has 0 fully saturated rings. The summed E-state index contributed by atoms with van der Waals surface area (Å²) in [6.07, 6.45) is 1.56. The number of amides is 2. The predicted molar refractivity (Wildman–Crippen MR) is 72.5 cm³/mol. The molecule has 0 saturated heterocycles. The van der Waals surface area contributed by atoms with Crippen molar-refractivity contribution in [1.82, 2.24) is 20.0 Å². The topological polar surface area (TPSA) is 93.2 Å². The maximum Gasteiger partial charge on any atom is 0.276 e. The van der Waals surface area contributed by atoms with E-state index in [0.29, 0.717) is 12.2 Å². The van der Waals surface area contributed by atoms with Gasteiger partial charge in [-0.2, -0.15) is 5.10 Å². The maximum absolute atomic E-state index is 12.2. The van der Waals surface area contributed by atoms with Crippen molar-refractivity contribution < 1.29 is 9.59 Å². The summed E-state index contributed by atoms with van der Waals surface area (Å²) in [6.45, 7) is 5.96. The van der Waals surface area contributed by atoms with Crippen molar-refractivity contribution in [2.45, 2.75) is 26.8 Å². The molecule has 0 radical (unpaired) electrons.